The highest BCUT2D eigenvalue weighted by Crippen LogP contribution is 2.33. The van der Waals surface area contributed by atoms with Crippen LogP contribution < -0.4 is 9.46 Å². The standard InChI is InChI=1S/C24H24ClFN2O5S2/c1-14-6-4-7-15(2)21(14)23(29)28-12-19(32-3)20(13-28)33-18-9-5-8-17(22(18)26)27-35(30,31)24-16(25)10-11-34-24/h4-11,19-20,27H,12-13H2,1-3H3/t19-,20-/m1/s1. The molecule has 1 aromatic heterocycles. The summed E-state index contributed by atoms with van der Waals surface area (Å²) in [6.07, 6.45) is -1.14. The number of sulfonamides is 1. The van der Waals surface area contributed by atoms with E-state index < -0.39 is 28.0 Å². The van der Waals surface area contributed by atoms with Gasteiger partial charge in [0.15, 0.2) is 15.8 Å². The Morgan fingerprint density at radius 1 is 1.11 bits per heavy atom. The maximum atomic E-state index is 15.3. The van der Waals surface area contributed by atoms with Gasteiger partial charge in [0.25, 0.3) is 15.9 Å². The zero-order valence-electron chi connectivity index (χ0n) is 19.2. The molecule has 7 nitrogen and oxygen atoms in total. The van der Waals surface area contributed by atoms with Gasteiger partial charge in [0.2, 0.25) is 0 Å². The minimum Gasteiger partial charge on any atom is -0.483 e. The van der Waals surface area contributed by atoms with Crippen molar-refractivity contribution in [1.82, 2.24) is 4.90 Å². The molecular formula is C24H24ClFN2O5S2. The minimum absolute atomic E-state index is 0.0536. The lowest BCUT2D eigenvalue weighted by molar-refractivity contribution is 0.0323. The normalized spacial score (nSPS) is 18.0. The molecule has 1 aliphatic rings. The third-order valence-electron chi connectivity index (χ3n) is 5.81. The molecule has 0 radical (unpaired) electrons. The predicted octanol–water partition coefficient (Wildman–Crippen LogP) is 4.88. The molecule has 1 fully saturated rings. The van der Waals surface area contributed by atoms with Gasteiger partial charge in [0, 0.05) is 12.7 Å². The Morgan fingerprint density at radius 3 is 2.40 bits per heavy atom. The van der Waals surface area contributed by atoms with Gasteiger partial charge in [0.1, 0.15) is 12.2 Å². The third kappa shape index (κ3) is 5.16. The monoisotopic (exact) mass is 538 g/mol. The molecule has 11 heteroatoms. The summed E-state index contributed by atoms with van der Waals surface area (Å²) in [7, 11) is -2.58. The van der Waals surface area contributed by atoms with E-state index in [1.165, 1.54) is 36.8 Å². The summed E-state index contributed by atoms with van der Waals surface area (Å²) in [6, 6.07) is 11.3. The van der Waals surface area contributed by atoms with Crippen molar-refractivity contribution in [1.29, 1.82) is 0 Å². The van der Waals surface area contributed by atoms with Gasteiger partial charge in [0.05, 0.1) is 23.8 Å². The van der Waals surface area contributed by atoms with Crippen LogP contribution in [0.2, 0.25) is 5.02 Å². The van der Waals surface area contributed by atoms with Gasteiger partial charge in [-0.2, -0.15) is 0 Å². The molecule has 3 aromatic rings. The van der Waals surface area contributed by atoms with E-state index in [4.69, 9.17) is 21.1 Å². The van der Waals surface area contributed by atoms with Crippen LogP contribution >= 0.6 is 22.9 Å². The molecular weight excluding hydrogens is 515 g/mol. The lowest BCUT2D eigenvalue weighted by Gasteiger charge is -2.20. The first-order chi connectivity index (χ1) is 16.6. The molecule has 1 N–H and O–H groups in total. The summed E-state index contributed by atoms with van der Waals surface area (Å²) >= 11 is 6.86. The van der Waals surface area contributed by atoms with Crippen molar-refractivity contribution in [3.05, 3.63) is 75.4 Å². The van der Waals surface area contributed by atoms with Crippen LogP contribution in [0.4, 0.5) is 10.1 Å². The van der Waals surface area contributed by atoms with Crippen molar-refractivity contribution in [3.63, 3.8) is 0 Å². The lowest BCUT2D eigenvalue weighted by atomic mass is 10.0. The topological polar surface area (TPSA) is 84.9 Å². The Hall–Kier alpha value is -2.66. The molecule has 0 unspecified atom stereocenters. The van der Waals surface area contributed by atoms with Gasteiger partial charge in [-0.25, -0.2) is 12.8 Å². The van der Waals surface area contributed by atoms with Crippen molar-refractivity contribution in [2.24, 2.45) is 0 Å². The zero-order valence-corrected chi connectivity index (χ0v) is 21.6. The van der Waals surface area contributed by atoms with E-state index >= 15 is 4.39 Å². The number of amides is 1. The van der Waals surface area contributed by atoms with Gasteiger partial charge in [-0.15, -0.1) is 11.3 Å². The Morgan fingerprint density at radius 2 is 1.77 bits per heavy atom. The molecule has 0 spiro atoms. The SMILES string of the molecule is CO[C@@H]1CN(C(=O)c2c(C)cccc2C)C[C@H]1Oc1cccc(NS(=O)(=O)c2sccc2Cl)c1F. The number of hydrogen-bond donors (Lipinski definition) is 1. The fourth-order valence-electron chi connectivity index (χ4n) is 4.07. The average Bonchev–Trinajstić information content (AvgIpc) is 3.42. The summed E-state index contributed by atoms with van der Waals surface area (Å²) in [4.78, 5) is 14.8. The smallest absolute Gasteiger partial charge is 0.273 e. The van der Waals surface area contributed by atoms with Crippen LogP contribution in [0.15, 0.2) is 52.1 Å². The van der Waals surface area contributed by atoms with Crippen LogP contribution in [0.5, 0.6) is 5.75 Å². The van der Waals surface area contributed by atoms with Crippen LogP contribution in [-0.4, -0.2) is 51.6 Å². The highest BCUT2D eigenvalue weighted by Gasteiger charge is 2.38. The Balaban J connectivity index is 1.54. The molecule has 1 amide bonds. The first-order valence-corrected chi connectivity index (χ1v) is 13.5. The number of benzene rings is 2. The number of hydrogen-bond acceptors (Lipinski definition) is 6. The molecule has 2 atom stereocenters. The summed E-state index contributed by atoms with van der Waals surface area (Å²) in [5, 5.41) is 1.58. The summed E-state index contributed by atoms with van der Waals surface area (Å²) in [6.45, 7) is 4.22. The number of carbonyl (C=O) groups excluding carboxylic acids is 1. The Kier molecular flexibility index (Phi) is 7.37. The van der Waals surface area contributed by atoms with Crippen molar-refractivity contribution in [3.8, 4) is 5.75 Å². The maximum Gasteiger partial charge on any atom is 0.273 e. The number of nitrogens with zero attached hydrogens (tertiary/aromatic N) is 1. The van der Waals surface area contributed by atoms with Gasteiger partial charge >= 0.3 is 0 Å². The maximum absolute atomic E-state index is 15.3. The minimum atomic E-state index is -4.08. The lowest BCUT2D eigenvalue weighted by Crippen LogP contribution is -2.32. The zero-order chi connectivity index (χ0) is 25.3. The Bertz CT molecular complexity index is 1340. The largest absolute Gasteiger partial charge is 0.483 e. The number of halogens is 2. The van der Waals surface area contributed by atoms with E-state index in [0.717, 1.165) is 22.5 Å². The van der Waals surface area contributed by atoms with Crippen LogP contribution in [0.3, 0.4) is 0 Å². The molecule has 1 saturated heterocycles. The first-order valence-electron chi connectivity index (χ1n) is 10.7. The van der Waals surface area contributed by atoms with E-state index in [1.54, 1.807) is 4.90 Å². The number of carbonyl (C=O) groups is 1. The number of nitrogens with one attached hydrogen (secondary N) is 1. The summed E-state index contributed by atoms with van der Waals surface area (Å²) < 4.78 is 54.1. The number of rotatable bonds is 7. The number of ether oxygens (including phenoxy) is 2. The van der Waals surface area contributed by atoms with Crippen molar-refractivity contribution < 1.29 is 27.1 Å². The number of likely N-dealkylation sites (tertiary alicyclic amines) is 1. The van der Waals surface area contributed by atoms with Gasteiger partial charge in [-0.1, -0.05) is 35.9 Å². The molecule has 2 aromatic carbocycles. The average molecular weight is 539 g/mol. The first kappa shape index (κ1) is 25.4. The summed E-state index contributed by atoms with van der Waals surface area (Å²) in [5.41, 5.74) is 2.08. The molecule has 0 aliphatic carbocycles. The molecule has 0 bridgehead atoms. The number of anilines is 1. The highest BCUT2D eigenvalue weighted by molar-refractivity contribution is 7.94. The van der Waals surface area contributed by atoms with E-state index in [2.05, 4.69) is 4.72 Å². The predicted molar refractivity (Wildman–Crippen MR) is 134 cm³/mol. The van der Waals surface area contributed by atoms with E-state index in [1.807, 2.05) is 32.0 Å². The van der Waals surface area contributed by atoms with E-state index in [9.17, 15) is 13.2 Å². The molecule has 35 heavy (non-hydrogen) atoms. The van der Waals surface area contributed by atoms with Crippen molar-refractivity contribution in [2.45, 2.75) is 30.3 Å². The van der Waals surface area contributed by atoms with E-state index in [0.29, 0.717) is 5.56 Å². The van der Waals surface area contributed by atoms with Gasteiger partial charge in [-0.05, 0) is 48.6 Å². The fourth-order valence-corrected chi connectivity index (χ4v) is 6.81. The molecule has 0 saturated carbocycles. The number of methoxy groups -OCH3 is 1. The van der Waals surface area contributed by atoms with Gasteiger partial charge < -0.3 is 14.4 Å². The summed E-state index contributed by atoms with van der Waals surface area (Å²) in [5.74, 6) is -1.18. The molecule has 4 rings (SSSR count). The second-order valence-corrected chi connectivity index (χ2v) is 11.4. The van der Waals surface area contributed by atoms with Crippen LogP contribution in [0, 0.1) is 19.7 Å². The third-order valence-corrected chi connectivity index (χ3v) is 9.20. The second-order valence-electron chi connectivity index (χ2n) is 8.19. The highest BCUT2D eigenvalue weighted by atomic mass is 35.5. The number of thiophene rings is 1. The van der Waals surface area contributed by atoms with Crippen LogP contribution in [0.1, 0.15) is 21.5 Å². The van der Waals surface area contributed by atoms with Crippen LogP contribution in [0.25, 0.3) is 0 Å². The molecule has 2 heterocycles. The van der Waals surface area contributed by atoms with Crippen LogP contribution in [-0.2, 0) is 14.8 Å². The van der Waals surface area contributed by atoms with Crippen molar-refractivity contribution in [2.75, 3.05) is 24.9 Å². The van der Waals surface area contributed by atoms with E-state index in [-0.39, 0.29) is 39.7 Å². The quantitative estimate of drug-likeness (QED) is 0.463. The molecule has 1 aliphatic heterocycles. The van der Waals surface area contributed by atoms with Crippen molar-refractivity contribution >= 4 is 44.6 Å². The van der Waals surface area contributed by atoms with Gasteiger partial charge in [-0.3, -0.25) is 9.52 Å². The number of aryl methyl sites for hydroxylation is 2. The Labute approximate surface area is 212 Å². The second kappa shape index (κ2) is 10.1. The molecule has 186 valence electrons. The fraction of sp³-hybridized carbons (Fsp3) is 0.292.